The molecule has 1 aromatic heterocycles. The number of hydrogen-bond donors (Lipinski definition) is 2. The van der Waals surface area contributed by atoms with E-state index in [1.54, 1.807) is 18.2 Å². The maximum absolute atomic E-state index is 12.3. The minimum atomic E-state index is -0.399. The highest BCUT2D eigenvalue weighted by Crippen LogP contribution is 2.24. The minimum absolute atomic E-state index is 0.164. The summed E-state index contributed by atoms with van der Waals surface area (Å²) in [5.74, 6) is 0.915. The molecule has 2 N–H and O–H groups in total. The molecule has 0 spiro atoms. The molecule has 3 aromatic rings. The van der Waals surface area contributed by atoms with Crippen molar-refractivity contribution in [3.63, 3.8) is 0 Å². The van der Waals surface area contributed by atoms with E-state index in [1.165, 1.54) is 14.2 Å². The second-order valence-corrected chi connectivity index (χ2v) is 6.26. The van der Waals surface area contributed by atoms with Gasteiger partial charge in [-0.1, -0.05) is 18.2 Å². The summed E-state index contributed by atoms with van der Waals surface area (Å²) in [4.78, 5) is 24.5. The Hall–Kier alpha value is -3.48. The molecule has 0 aliphatic heterocycles. The molecule has 0 radical (unpaired) electrons. The van der Waals surface area contributed by atoms with Crippen molar-refractivity contribution in [3.8, 4) is 11.5 Å². The first-order chi connectivity index (χ1) is 13.5. The average molecular weight is 382 g/mol. The van der Waals surface area contributed by atoms with E-state index in [1.807, 2.05) is 37.3 Å². The van der Waals surface area contributed by atoms with Gasteiger partial charge in [-0.3, -0.25) is 9.59 Å². The zero-order chi connectivity index (χ0) is 20.1. The molecule has 28 heavy (non-hydrogen) atoms. The van der Waals surface area contributed by atoms with E-state index < -0.39 is 5.91 Å². The fraction of sp³-hybridized carbons (Fsp3) is 0.238. The van der Waals surface area contributed by atoms with E-state index in [-0.39, 0.29) is 18.5 Å². The van der Waals surface area contributed by atoms with E-state index in [4.69, 9.17) is 13.9 Å². The third kappa shape index (κ3) is 4.43. The third-order valence-electron chi connectivity index (χ3n) is 4.27. The molecule has 1 unspecified atom stereocenters. The Kier molecular flexibility index (Phi) is 5.84. The topological polar surface area (TPSA) is 89.8 Å². The van der Waals surface area contributed by atoms with Crippen molar-refractivity contribution in [1.82, 2.24) is 10.6 Å². The largest absolute Gasteiger partial charge is 0.497 e. The third-order valence-corrected chi connectivity index (χ3v) is 4.27. The van der Waals surface area contributed by atoms with Gasteiger partial charge in [0.1, 0.15) is 22.8 Å². The lowest BCUT2D eigenvalue weighted by Gasteiger charge is -2.12. The van der Waals surface area contributed by atoms with Gasteiger partial charge in [-0.25, -0.2) is 0 Å². The van der Waals surface area contributed by atoms with E-state index >= 15 is 0 Å². The molecule has 0 aliphatic rings. The second-order valence-electron chi connectivity index (χ2n) is 6.26. The fourth-order valence-corrected chi connectivity index (χ4v) is 2.78. The van der Waals surface area contributed by atoms with Crippen LogP contribution in [0.25, 0.3) is 11.0 Å². The van der Waals surface area contributed by atoms with Crippen molar-refractivity contribution in [2.45, 2.75) is 13.0 Å². The van der Waals surface area contributed by atoms with Crippen LogP contribution in [-0.4, -0.2) is 32.6 Å². The van der Waals surface area contributed by atoms with Crippen LogP contribution in [0.5, 0.6) is 11.5 Å². The van der Waals surface area contributed by atoms with Gasteiger partial charge >= 0.3 is 0 Å². The van der Waals surface area contributed by atoms with Gasteiger partial charge in [0.2, 0.25) is 5.91 Å². The lowest BCUT2D eigenvalue weighted by molar-refractivity contribution is -0.120. The van der Waals surface area contributed by atoms with Crippen molar-refractivity contribution in [2.75, 3.05) is 20.8 Å². The first kappa shape index (κ1) is 19.3. The first-order valence-electron chi connectivity index (χ1n) is 8.79. The van der Waals surface area contributed by atoms with Gasteiger partial charge in [0.15, 0.2) is 0 Å². The first-order valence-corrected chi connectivity index (χ1v) is 8.79. The molecular weight excluding hydrogens is 360 g/mol. The van der Waals surface area contributed by atoms with Crippen LogP contribution in [0.1, 0.15) is 29.1 Å². The lowest BCUT2D eigenvalue weighted by atomic mass is 10.2. The molecule has 0 aliphatic carbocycles. The Morgan fingerprint density at radius 2 is 1.71 bits per heavy atom. The van der Waals surface area contributed by atoms with E-state index in [9.17, 15) is 9.59 Å². The van der Waals surface area contributed by atoms with Crippen molar-refractivity contribution in [2.24, 2.45) is 0 Å². The lowest BCUT2D eigenvalue weighted by Crippen LogP contribution is -2.37. The van der Waals surface area contributed by atoms with Crippen LogP contribution in [0.3, 0.4) is 0 Å². The zero-order valence-corrected chi connectivity index (χ0v) is 15.9. The highest BCUT2D eigenvalue weighted by Gasteiger charge is 2.16. The molecule has 0 fully saturated rings. The normalized spacial score (nSPS) is 11.7. The van der Waals surface area contributed by atoms with E-state index in [2.05, 4.69) is 10.6 Å². The number of benzene rings is 2. The molecule has 7 nitrogen and oxygen atoms in total. The Labute approximate surface area is 162 Å². The monoisotopic (exact) mass is 382 g/mol. The molecule has 146 valence electrons. The summed E-state index contributed by atoms with van der Waals surface area (Å²) in [6, 6.07) is 14.0. The number of hydrogen-bond acceptors (Lipinski definition) is 5. The Morgan fingerprint density at radius 3 is 2.36 bits per heavy atom. The van der Waals surface area contributed by atoms with Crippen LogP contribution >= 0.6 is 0 Å². The summed E-state index contributed by atoms with van der Waals surface area (Å²) in [7, 11) is 3.01. The smallest absolute Gasteiger partial charge is 0.251 e. The quantitative estimate of drug-likeness (QED) is 0.656. The Bertz CT molecular complexity index is 940. The Balaban J connectivity index is 1.58. The maximum atomic E-state index is 12.3. The predicted octanol–water partition coefficient (Wildman–Crippen LogP) is 3.06. The molecule has 7 heteroatoms. The molecular formula is C21H22N2O5. The number of nitrogens with one attached hydrogen (secondary N) is 2. The Morgan fingerprint density at radius 1 is 1.04 bits per heavy atom. The predicted molar refractivity (Wildman–Crippen MR) is 105 cm³/mol. The maximum Gasteiger partial charge on any atom is 0.251 e. The van der Waals surface area contributed by atoms with Gasteiger partial charge < -0.3 is 24.5 Å². The van der Waals surface area contributed by atoms with Gasteiger partial charge in [-0.05, 0) is 31.2 Å². The van der Waals surface area contributed by atoms with Crippen LogP contribution in [0.4, 0.5) is 0 Å². The highest BCUT2D eigenvalue weighted by atomic mass is 16.5. The summed E-state index contributed by atoms with van der Waals surface area (Å²) in [5.41, 5.74) is 1.10. The number of ether oxygens (including phenoxy) is 2. The summed E-state index contributed by atoms with van der Waals surface area (Å²) in [6.07, 6.45) is 0. The molecule has 0 bridgehead atoms. The van der Waals surface area contributed by atoms with E-state index in [0.717, 1.165) is 11.0 Å². The molecule has 1 heterocycles. The van der Waals surface area contributed by atoms with E-state index in [0.29, 0.717) is 22.8 Å². The number of fused-ring (bicyclic) bond motifs is 1. The van der Waals surface area contributed by atoms with Gasteiger partial charge in [0.05, 0.1) is 26.8 Å². The molecule has 3 rings (SSSR count). The molecule has 2 amide bonds. The summed E-state index contributed by atoms with van der Waals surface area (Å²) in [6.45, 7) is 1.66. The van der Waals surface area contributed by atoms with Crippen LogP contribution in [0.15, 0.2) is 52.9 Å². The van der Waals surface area contributed by atoms with Crippen molar-refractivity contribution in [1.29, 1.82) is 0 Å². The van der Waals surface area contributed by atoms with Gasteiger partial charge in [0.25, 0.3) is 5.91 Å². The van der Waals surface area contributed by atoms with Crippen molar-refractivity contribution < 1.29 is 23.5 Å². The number of furan rings is 1. The summed E-state index contributed by atoms with van der Waals surface area (Å²) < 4.78 is 16.0. The standard InChI is InChI=1S/C21H22N2O5/c1-13(19-10-14-6-4-5-7-18(14)28-19)23-20(24)12-22-21(25)15-8-16(26-2)11-17(9-15)27-3/h4-11,13H,12H2,1-3H3,(H,22,25)(H,23,24). The number of carbonyl (C=O) groups is 2. The van der Waals surface area contributed by atoms with Gasteiger partial charge in [-0.15, -0.1) is 0 Å². The van der Waals surface area contributed by atoms with Crippen LogP contribution < -0.4 is 20.1 Å². The van der Waals surface area contributed by atoms with Gasteiger partial charge in [0, 0.05) is 17.0 Å². The van der Waals surface area contributed by atoms with Crippen LogP contribution in [0.2, 0.25) is 0 Å². The van der Waals surface area contributed by atoms with Gasteiger partial charge in [-0.2, -0.15) is 0 Å². The highest BCUT2D eigenvalue weighted by molar-refractivity contribution is 5.97. The number of amides is 2. The molecule has 0 saturated heterocycles. The molecule has 0 saturated carbocycles. The zero-order valence-electron chi connectivity index (χ0n) is 15.9. The molecule has 1 atom stereocenters. The minimum Gasteiger partial charge on any atom is -0.497 e. The number of methoxy groups -OCH3 is 2. The number of para-hydroxylation sites is 1. The number of rotatable bonds is 7. The van der Waals surface area contributed by atoms with Crippen molar-refractivity contribution >= 4 is 22.8 Å². The number of carbonyl (C=O) groups excluding carboxylic acids is 2. The van der Waals surface area contributed by atoms with Crippen LogP contribution in [-0.2, 0) is 4.79 Å². The molecule has 2 aromatic carbocycles. The fourth-order valence-electron chi connectivity index (χ4n) is 2.78. The SMILES string of the molecule is COc1cc(OC)cc(C(=O)NCC(=O)NC(C)c2cc3ccccc3o2)c1. The summed E-state index contributed by atoms with van der Waals surface area (Å²) in [5, 5.41) is 6.38. The second kappa shape index (κ2) is 8.47. The summed E-state index contributed by atoms with van der Waals surface area (Å²) >= 11 is 0. The van der Waals surface area contributed by atoms with Crippen LogP contribution in [0, 0.1) is 0 Å². The van der Waals surface area contributed by atoms with Crippen molar-refractivity contribution in [3.05, 3.63) is 59.9 Å². The average Bonchev–Trinajstić information content (AvgIpc) is 3.16.